The maximum absolute atomic E-state index is 12.8. The van der Waals surface area contributed by atoms with Crippen LogP contribution >= 0.6 is 0 Å². The van der Waals surface area contributed by atoms with E-state index in [-0.39, 0.29) is 11.5 Å². The lowest BCUT2D eigenvalue weighted by Gasteiger charge is -2.28. The number of benzene rings is 1. The monoisotopic (exact) mass is 404 g/mol. The Labute approximate surface area is 173 Å². The van der Waals surface area contributed by atoms with Crippen molar-refractivity contribution in [1.82, 2.24) is 25.2 Å². The molecular formula is C22H24N6O2. The molecule has 0 atom stereocenters. The Kier molecular flexibility index (Phi) is 4.71. The number of piperazine rings is 1. The first kappa shape index (κ1) is 18.7. The van der Waals surface area contributed by atoms with Crippen molar-refractivity contribution in [3.8, 4) is 5.69 Å². The van der Waals surface area contributed by atoms with E-state index < -0.39 is 0 Å². The van der Waals surface area contributed by atoms with Gasteiger partial charge in [-0.25, -0.2) is 4.98 Å². The Morgan fingerprint density at radius 3 is 2.50 bits per heavy atom. The maximum atomic E-state index is 12.8. The molecule has 1 aromatic carbocycles. The second-order valence-electron chi connectivity index (χ2n) is 7.88. The van der Waals surface area contributed by atoms with Crippen LogP contribution in [0.5, 0.6) is 0 Å². The number of nitrogens with one attached hydrogen (secondary N) is 2. The van der Waals surface area contributed by atoms with Crippen LogP contribution in [-0.2, 0) is 0 Å². The third-order valence-corrected chi connectivity index (χ3v) is 5.63. The fourth-order valence-corrected chi connectivity index (χ4v) is 3.77. The van der Waals surface area contributed by atoms with Crippen LogP contribution in [0.15, 0.2) is 41.2 Å². The summed E-state index contributed by atoms with van der Waals surface area (Å²) in [4.78, 5) is 36.7. The van der Waals surface area contributed by atoms with Crippen LogP contribution in [0.4, 0.5) is 5.95 Å². The van der Waals surface area contributed by atoms with Crippen LogP contribution in [0, 0.1) is 6.92 Å². The molecule has 1 saturated carbocycles. The number of amides is 1. The van der Waals surface area contributed by atoms with Crippen molar-refractivity contribution in [1.29, 1.82) is 0 Å². The van der Waals surface area contributed by atoms with Gasteiger partial charge in [-0.05, 0) is 50.1 Å². The summed E-state index contributed by atoms with van der Waals surface area (Å²) in [7, 11) is 0. The molecular weight excluding hydrogens is 380 g/mol. The highest BCUT2D eigenvalue weighted by Crippen LogP contribution is 2.22. The molecule has 2 aliphatic rings. The van der Waals surface area contributed by atoms with Crippen LogP contribution in [0.1, 0.15) is 28.9 Å². The van der Waals surface area contributed by atoms with Gasteiger partial charge in [0.25, 0.3) is 11.5 Å². The normalized spacial score (nSPS) is 16.6. The minimum atomic E-state index is -0.165. The molecule has 2 N–H and O–H groups in total. The van der Waals surface area contributed by atoms with Crippen LogP contribution < -0.4 is 21.1 Å². The Balaban J connectivity index is 1.57. The minimum Gasteiger partial charge on any atom is -0.349 e. The van der Waals surface area contributed by atoms with Gasteiger partial charge >= 0.3 is 0 Å². The van der Waals surface area contributed by atoms with Crippen LogP contribution in [0.2, 0.25) is 0 Å². The first-order chi connectivity index (χ1) is 14.6. The highest BCUT2D eigenvalue weighted by atomic mass is 16.1. The van der Waals surface area contributed by atoms with Gasteiger partial charge in [0.15, 0.2) is 5.65 Å². The highest BCUT2D eigenvalue weighted by molar-refractivity contribution is 5.94. The van der Waals surface area contributed by atoms with Crippen LogP contribution in [-0.4, -0.2) is 52.7 Å². The van der Waals surface area contributed by atoms with Gasteiger partial charge in [-0.15, -0.1) is 0 Å². The van der Waals surface area contributed by atoms with E-state index in [0.717, 1.165) is 50.1 Å². The zero-order chi connectivity index (χ0) is 20.7. The summed E-state index contributed by atoms with van der Waals surface area (Å²) in [6, 6.07) is 10.7. The second kappa shape index (κ2) is 7.53. The number of aromatic nitrogens is 3. The SMILES string of the molecule is Cc1nc(N2CCNCC2)nc2c1ccc(=O)n2-c1ccc(C(=O)NC2CC2)cc1. The van der Waals surface area contributed by atoms with E-state index in [0.29, 0.717) is 28.9 Å². The average molecular weight is 404 g/mol. The average Bonchev–Trinajstić information content (AvgIpc) is 3.58. The quantitative estimate of drug-likeness (QED) is 0.683. The largest absolute Gasteiger partial charge is 0.349 e. The number of rotatable bonds is 4. The van der Waals surface area contributed by atoms with Gasteiger partial charge in [0.2, 0.25) is 5.95 Å². The predicted molar refractivity (Wildman–Crippen MR) is 115 cm³/mol. The molecule has 0 unspecified atom stereocenters. The molecule has 0 radical (unpaired) electrons. The summed E-state index contributed by atoms with van der Waals surface area (Å²) >= 11 is 0. The predicted octanol–water partition coefficient (Wildman–Crippen LogP) is 1.39. The summed E-state index contributed by atoms with van der Waals surface area (Å²) in [6.07, 6.45) is 2.09. The molecule has 1 saturated heterocycles. The lowest BCUT2D eigenvalue weighted by molar-refractivity contribution is 0.0951. The van der Waals surface area contributed by atoms with Gasteiger partial charge in [0, 0.05) is 49.2 Å². The summed E-state index contributed by atoms with van der Waals surface area (Å²) in [5, 5.41) is 7.15. The minimum absolute atomic E-state index is 0.0755. The number of fused-ring (bicyclic) bond motifs is 1. The molecule has 3 aromatic rings. The van der Waals surface area contributed by atoms with Crippen molar-refractivity contribution < 1.29 is 4.79 Å². The second-order valence-corrected chi connectivity index (χ2v) is 7.88. The molecule has 0 spiro atoms. The number of hydrogen-bond acceptors (Lipinski definition) is 6. The van der Waals surface area contributed by atoms with E-state index in [1.165, 1.54) is 6.07 Å². The number of aryl methyl sites for hydroxylation is 1. The van der Waals surface area contributed by atoms with Crippen molar-refractivity contribution in [2.75, 3.05) is 31.1 Å². The topological polar surface area (TPSA) is 92.2 Å². The fraction of sp³-hybridized carbons (Fsp3) is 0.364. The van der Waals surface area contributed by atoms with E-state index in [1.54, 1.807) is 34.9 Å². The Morgan fingerprint density at radius 2 is 1.80 bits per heavy atom. The molecule has 8 heteroatoms. The smallest absolute Gasteiger partial charge is 0.256 e. The number of carbonyl (C=O) groups excluding carboxylic acids is 1. The Bertz CT molecular complexity index is 1160. The Morgan fingerprint density at radius 1 is 1.07 bits per heavy atom. The lowest BCUT2D eigenvalue weighted by atomic mass is 10.1. The van der Waals surface area contributed by atoms with Gasteiger partial charge in [0.05, 0.1) is 11.4 Å². The van der Waals surface area contributed by atoms with Gasteiger partial charge in [-0.1, -0.05) is 0 Å². The molecule has 154 valence electrons. The number of hydrogen-bond donors (Lipinski definition) is 2. The summed E-state index contributed by atoms with van der Waals surface area (Å²) < 4.78 is 1.60. The number of carbonyl (C=O) groups is 1. The van der Waals surface area contributed by atoms with Crippen molar-refractivity contribution in [3.05, 3.63) is 58.0 Å². The van der Waals surface area contributed by atoms with Crippen LogP contribution in [0.25, 0.3) is 16.7 Å². The molecule has 1 amide bonds. The summed E-state index contributed by atoms with van der Waals surface area (Å²) in [5.41, 5.74) is 2.52. The van der Waals surface area contributed by atoms with Gasteiger partial charge in [0.1, 0.15) is 0 Å². The first-order valence-corrected chi connectivity index (χ1v) is 10.4. The first-order valence-electron chi connectivity index (χ1n) is 10.4. The summed E-state index contributed by atoms with van der Waals surface area (Å²) in [5.74, 6) is 0.565. The molecule has 8 nitrogen and oxygen atoms in total. The molecule has 3 heterocycles. The number of nitrogens with zero attached hydrogens (tertiary/aromatic N) is 4. The van der Waals surface area contributed by atoms with Crippen molar-refractivity contribution >= 4 is 22.9 Å². The van der Waals surface area contributed by atoms with E-state index in [2.05, 4.69) is 20.5 Å². The molecule has 30 heavy (non-hydrogen) atoms. The fourth-order valence-electron chi connectivity index (χ4n) is 3.77. The van der Waals surface area contributed by atoms with E-state index in [1.807, 2.05) is 6.92 Å². The number of pyridine rings is 1. The van der Waals surface area contributed by atoms with E-state index in [9.17, 15) is 9.59 Å². The zero-order valence-corrected chi connectivity index (χ0v) is 16.9. The standard InChI is InChI=1S/C22H24N6O2/c1-14-18-8-9-19(29)28(20(18)26-22(24-14)27-12-10-23-11-13-27)17-6-2-15(3-7-17)21(30)25-16-4-5-16/h2-3,6-9,16,23H,4-5,10-13H2,1H3,(H,25,30). The summed E-state index contributed by atoms with van der Waals surface area (Å²) in [6.45, 7) is 5.36. The highest BCUT2D eigenvalue weighted by Gasteiger charge is 2.24. The third kappa shape index (κ3) is 3.54. The number of anilines is 1. The Hall–Kier alpha value is -3.26. The van der Waals surface area contributed by atoms with Gasteiger partial charge < -0.3 is 15.5 Å². The van der Waals surface area contributed by atoms with Gasteiger partial charge in [-0.2, -0.15) is 4.98 Å². The lowest BCUT2D eigenvalue weighted by Crippen LogP contribution is -2.44. The molecule has 1 aliphatic heterocycles. The molecule has 2 aromatic heterocycles. The van der Waals surface area contributed by atoms with Crippen molar-refractivity contribution in [3.63, 3.8) is 0 Å². The third-order valence-electron chi connectivity index (χ3n) is 5.63. The van der Waals surface area contributed by atoms with Crippen LogP contribution in [0.3, 0.4) is 0 Å². The molecule has 2 fully saturated rings. The molecule has 1 aliphatic carbocycles. The van der Waals surface area contributed by atoms with Gasteiger partial charge in [-0.3, -0.25) is 14.2 Å². The maximum Gasteiger partial charge on any atom is 0.256 e. The molecule has 0 bridgehead atoms. The molecule has 5 rings (SSSR count). The zero-order valence-electron chi connectivity index (χ0n) is 16.9. The van der Waals surface area contributed by atoms with E-state index >= 15 is 0 Å². The van der Waals surface area contributed by atoms with Crippen molar-refractivity contribution in [2.24, 2.45) is 0 Å². The van der Waals surface area contributed by atoms with Crippen molar-refractivity contribution in [2.45, 2.75) is 25.8 Å². The van der Waals surface area contributed by atoms with E-state index in [4.69, 9.17) is 4.98 Å².